The maximum Gasteiger partial charge on any atom is 0.0920 e. The first-order valence-corrected chi connectivity index (χ1v) is 28.4. The Morgan fingerprint density at radius 3 is 0.567 bits per heavy atom. The molecule has 4 heteroatoms. The lowest BCUT2D eigenvalue weighted by molar-refractivity contribution is -0.978. The fourth-order valence-electron chi connectivity index (χ4n) is 18.2. The molecule has 352 valence electrons. The zero-order valence-electron chi connectivity index (χ0n) is 43.3. The van der Waals surface area contributed by atoms with Crippen LogP contribution in [0.2, 0.25) is 0 Å². The second-order valence-corrected chi connectivity index (χ2v) is 23.1. The van der Waals surface area contributed by atoms with Gasteiger partial charge in [-0.15, -0.1) is 0 Å². The van der Waals surface area contributed by atoms with Crippen molar-refractivity contribution in [2.45, 2.75) is 286 Å². The minimum atomic E-state index is 0.916. The number of rotatable bonds is 8. The van der Waals surface area contributed by atoms with Gasteiger partial charge in [0.25, 0.3) is 0 Å². The molecular weight excluding hydrogens is 729 g/mol. The minimum Gasteiger partial charge on any atom is -0.319 e. The lowest BCUT2D eigenvalue weighted by atomic mass is 9.74. The van der Waals surface area contributed by atoms with Crippen LogP contribution in [0, 0.1) is 23.7 Å². The number of likely N-dealkylation sites (tertiary alicyclic amines) is 4. The maximum absolute atomic E-state index is 2.50. The Bertz CT molecular complexity index is 1010. The molecule has 0 aromatic carbocycles. The summed E-state index contributed by atoms with van der Waals surface area (Å²) < 4.78 is 5.74. The third kappa shape index (κ3) is 10.1. The van der Waals surface area contributed by atoms with Crippen molar-refractivity contribution < 1.29 is 17.9 Å². The van der Waals surface area contributed by atoms with Crippen LogP contribution in [0.1, 0.15) is 237 Å². The van der Waals surface area contributed by atoms with Crippen LogP contribution in [0.4, 0.5) is 0 Å². The van der Waals surface area contributed by atoms with Crippen LogP contribution in [-0.2, 0) is 0 Å². The van der Waals surface area contributed by atoms with E-state index in [4.69, 9.17) is 0 Å². The van der Waals surface area contributed by atoms with Gasteiger partial charge < -0.3 is 17.9 Å². The fraction of sp³-hybridized carbons (Fsp3) is 1.00. The molecule has 0 aromatic rings. The number of hydrogen-bond donors (Lipinski definition) is 0. The molecule has 4 nitrogen and oxygen atoms in total. The maximum atomic E-state index is 2.50. The van der Waals surface area contributed by atoms with E-state index in [0.717, 1.165) is 72.0 Å². The average molecular weight is 842 g/mol. The van der Waals surface area contributed by atoms with E-state index in [2.05, 4.69) is 83.1 Å². The summed E-state index contributed by atoms with van der Waals surface area (Å²) in [7, 11) is 0. The van der Waals surface area contributed by atoms with E-state index in [0.29, 0.717) is 0 Å². The monoisotopic (exact) mass is 841 g/mol. The van der Waals surface area contributed by atoms with E-state index < -0.39 is 0 Å². The summed E-state index contributed by atoms with van der Waals surface area (Å²) >= 11 is 0. The van der Waals surface area contributed by atoms with Crippen LogP contribution in [0.25, 0.3) is 0 Å². The molecule has 8 aliphatic rings. The Morgan fingerprint density at radius 1 is 0.233 bits per heavy atom. The molecule has 0 spiro atoms. The Morgan fingerprint density at radius 2 is 0.400 bits per heavy atom. The lowest BCUT2D eigenvalue weighted by Crippen LogP contribution is -2.65. The quantitative estimate of drug-likeness (QED) is 0.214. The van der Waals surface area contributed by atoms with Gasteiger partial charge in [-0.3, -0.25) is 0 Å². The van der Waals surface area contributed by atoms with Crippen molar-refractivity contribution >= 4 is 0 Å². The molecular formula is C56H112N4+4. The van der Waals surface area contributed by atoms with Gasteiger partial charge in [0.05, 0.1) is 101 Å². The van der Waals surface area contributed by atoms with Crippen molar-refractivity contribution in [3.05, 3.63) is 0 Å². The van der Waals surface area contributed by atoms with Crippen LogP contribution in [0.5, 0.6) is 0 Å². The van der Waals surface area contributed by atoms with Crippen LogP contribution in [-0.4, -0.2) is 119 Å². The summed E-state index contributed by atoms with van der Waals surface area (Å²) in [4.78, 5) is 0. The SMILES string of the molecule is CC[N+]1(CC)C(C)CCC2CCCCC21.CC[N+]1(CC)C(C)CCC2CCCCC21.CC[N+]1(CC)C(C)CCC2CCCCC21.CC[N+]1(CC)C(C)CCC2CCCCC21. The molecule has 4 aliphatic heterocycles. The normalized spacial score (nSPS) is 39.8. The van der Waals surface area contributed by atoms with E-state index in [1.165, 1.54) is 224 Å². The number of nitrogens with zero attached hydrogens (tertiary/aromatic N) is 4. The molecule has 0 aromatic heterocycles. The van der Waals surface area contributed by atoms with Crippen molar-refractivity contribution in [3.63, 3.8) is 0 Å². The van der Waals surface area contributed by atoms with E-state index >= 15 is 0 Å². The van der Waals surface area contributed by atoms with Gasteiger partial charge in [-0.25, -0.2) is 0 Å². The van der Waals surface area contributed by atoms with Gasteiger partial charge in [-0.1, -0.05) is 25.7 Å². The second kappa shape index (κ2) is 23.3. The summed E-state index contributed by atoms with van der Waals surface area (Å²) in [5.74, 6) is 4.26. The highest BCUT2D eigenvalue weighted by Crippen LogP contribution is 2.46. The molecule has 4 heterocycles. The molecule has 0 amide bonds. The van der Waals surface area contributed by atoms with Crippen molar-refractivity contribution in [2.24, 2.45) is 23.7 Å². The lowest BCUT2D eigenvalue weighted by Gasteiger charge is -2.55. The first kappa shape index (κ1) is 50.8. The fourth-order valence-corrected chi connectivity index (χ4v) is 18.2. The van der Waals surface area contributed by atoms with E-state index in [-0.39, 0.29) is 0 Å². The predicted octanol–water partition coefficient (Wildman–Crippen LogP) is 14.3. The molecule has 4 saturated heterocycles. The van der Waals surface area contributed by atoms with Crippen molar-refractivity contribution in [1.29, 1.82) is 0 Å². The third-order valence-corrected chi connectivity index (χ3v) is 22.2. The first-order chi connectivity index (χ1) is 29.0. The van der Waals surface area contributed by atoms with Crippen LogP contribution >= 0.6 is 0 Å². The topological polar surface area (TPSA) is 0 Å². The molecule has 4 aliphatic carbocycles. The summed E-state index contributed by atoms with van der Waals surface area (Å²) in [6.07, 6.45) is 36.1. The van der Waals surface area contributed by atoms with Crippen molar-refractivity contribution in [1.82, 2.24) is 0 Å². The average Bonchev–Trinajstić information content (AvgIpc) is 3.30. The van der Waals surface area contributed by atoms with E-state index in [1.807, 2.05) is 0 Å². The van der Waals surface area contributed by atoms with Gasteiger partial charge in [0.15, 0.2) is 0 Å². The zero-order valence-corrected chi connectivity index (χ0v) is 43.3. The van der Waals surface area contributed by atoms with Crippen LogP contribution in [0.15, 0.2) is 0 Å². The molecule has 0 radical (unpaired) electrons. The summed E-state index contributed by atoms with van der Waals surface area (Å²) in [5.41, 5.74) is 0. The Hall–Kier alpha value is -0.160. The van der Waals surface area contributed by atoms with Gasteiger partial charge in [-0.2, -0.15) is 0 Å². The Balaban J connectivity index is 0.000000152. The van der Waals surface area contributed by atoms with E-state index in [1.54, 1.807) is 0 Å². The summed E-state index contributed by atoms with van der Waals surface area (Å²) in [5, 5.41) is 0. The standard InChI is InChI=1S/4C14H28N/c4*1-4-15(5-2)12(3)10-11-13-8-6-7-9-14(13)15/h4*12-14H,4-11H2,1-3H3/q4*+1. The van der Waals surface area contributed by atoms with Gasteiger partial charge in [0, 0.05) is 23.7 Å². The van der Waals surface area contributed by atoms with Crippen LogP contribution in [0.3, 0.4) is 0 Å². The number of piperidine rings is 4. The second-order valence-electron chi connectivity index (χ2n) is 23.1. The van der Waals surface area contributed by atoms with Gasteiger partial charge in [0.2, 0.25) is 0 Å². The molecule has 0 N–H and O–H groups in total. The van der Waals surface area contributed by atoms with Gasteiger partial charge in [-0.05, 0) is 212 Å². The number of quaternary nitrogens is 4. The molecule has 4 saturated carbocycles. The zero-order chi connectivity index (χ0) is 43.6. The van der Waals surface area contributed by atoms with Gasteiger partial charge in [0.1, 0.15) is 0 Å². The van der Waals surface area contributed by atoms with Crippen molar-refractivity contribution in [3.8, 4) is 0 Å². The number of hydrogen-bond acceptors (Lipinski definition) is 0. The van der Waals surface area contributed by atoms with Crippen LogP contribution < -0.4 is 0 Å². The van der Waals surface area contributed by atoms with E-state index in [9.17, 15) is 0 Å². The molecule has 8 fully saturated rings. The third-order valence-electron chi connectivity index (χ3n) is 22.2. The molecule has 12 unspecified atom stereocenters. The minimum absolute atomic E-state index is 0.916. The Labute approximate surface area is 378 Å². The largest absolute Gasteiger partial charge is 0.319 e. The molecule has 60 heavy (non-hydrogen) atoms. The summed E-state index contributed by atoms with van der Waals surface area (Å²) in [6.45, 7) is 40.2. The smallest absolute Gasteiger partial charge is 0.0920 e. The number of fused-ring (bicyclic) bond motifs is 4. The molecule has 0 bridgehead atoms. The Kier molecular flexibility index (Phi) is 19.8. The predicted molar refractivity (Wildman–Crippen MR) is 263 cm³/mol. The highest BCUT2D eigenvalue weighted by molar-refractivity contribution is 4.86. The van der Waals surface area contributed by atoms with Gasteiger partial charge >= 0.3 is 0 Å². The molecule has 12 atom stereocenters. The first-order valence-electron chi connectivity index (χ1n) is 28.4. The van der Waals surface area contributed by atoms with Crippen molar-refractivity contribution in [2.75, 3.05) is 52.4 Å². The highest BCUT2D eigenvalue weighted by atomic mass is 15.4. The molecule has 8 rings (SSSR count). The summed E-state index contributed by atoms with van der Waals surface area (Å²) in [6, 6.07) is 7.71. The highest BCUT2D eigenvalue weighted by Gasteiger charge is 2.51.